The number of halogens is 1. The average molecular weight is 435 g/mol. The number of nitrogens with two attached hydrogens (primary N) is 1. The molecule has 139 valence electrons. The van der Waals surface area contributed by atoms with Crippen LogP contribution in [0.3, 0.4) is 0 Å². The third kappa shape index (κ3) is 3.12. The molecular weight excluding hydrogens is 418 g/mol. The largest absolute Gasteiger partial charge is 0.446 e. The highest BCUT2D eigenvalue weighted by Gasteiger charge is 2.21. The fraction of sp³-hybridized carbons (Fsp3) is 0.143. The number of pyridine rings is 1. The normalized spacial score (nSPS) is 17.0. The van der Waals surface area contributed by atoms with Crippen LogP contribution in [0.5, 0.6) is 0 Å². The lowest BCUT2D eigenvalue weighted by Gasteiger charge is -2.23. The predicted molar refractivity (Wildman–Crippen MR) is 112 cm³/mol. The number of hydrogen-bond acceptors (Lipinski definition) is 4. The Bertz CT molecular complexity index is 1180. The van der Waals surface area contributed by atoms with Gasteiger partial charge in [-0.25, -0.2) is 10.3 Å². The molecule has 0 saturated heterocycles. The topological polar surface area (TPSA) is 83.5 Å². The van der Waals surface area contributed by atoms with E-state index in [0.717, 1.165) is 12.0 Å². The van der Waals surface area contributed by atoms with E-state index >= 15 is 0 Å². The minimum Gasteiger partial charge on any atom is -0.446 e. The average Bonchev–Trinajstić information content (AvgIpc) is 3.35. The Labute approximate surface area is 170 Å². The van der Waals surface area contributed by atoms with Crippen LogP contribution >= 0.6 is 15.9 Å². The Balaban J connectivity index is 1.48. The first-order chi connectivity index (χ1) is 13.7. The lowest BCUT2D eigenvalue weighted by molar-refractivity contribution is 0.550. The zero-order valence-corrected chi connectivity index (χ0v) is 16.5. The van der Waals surface area contributed by atoms with E-state index in [1.165, 1.54) is 11.1 Å². The second kappa shape index (κ2) is 6.92. The number of benzene rings is 1. The molecule has 0 fully saturated rings. The van der Waals surface area contributed by atoms with Gasteiger partial charge >= 0.3 is 0 Å². The molecule has 1 unspecified atom stereocenters. The second-order valence-electron chi connectivity index (χ2n) is 6.70. The molecule has 4 heterocycles. The van der Waals surface area contributed by atoms with Crippen molar-refractivity contribution in [3.05, 3.63) is 76.5 Å². The first-order valence-corrected chi connectivity index (χ1v) is 9.79. The molecule has 4 aromatic rings. The molecular formula is C21H17BrN5O. The van der Waals surface area contributed by atoms with Crippen LogP contribution in [0.4, 0.5) is 5.82 Å². The number of rotatable bonds is 3. The van der Waals surface area contributed by atoms with Gasteiger partial charge in [-0.05, 0) is 63.3 Å². The second-order valence-corrected chi connectivity index (χ2v) is 7.48. The Morgan fingerprint density at radius 1 is 1.11 bits per heavy atom. The summed E-state index contributed by atoms with van der Waals surface area (Å²) in [5.74, 6) is 1.62. The molecule has 2 N–H and O–H groups in total. The molecule has 3 aromatic heterocycles. The van der Waals surface area contributed by atoms with Gasteiger partial charge in [-0.3, -0.25) is 0 Å². The van der Waals surface area contributed by atoms with Crippen molar-refractivity contribution in [3.8, 4) is 11.6 Å². The highest BCUT2D eigenvalue weighted by Crippen LogP contribution is 2.33. The van der Waals surface area contributed by atoms with Gasteiger partial charge in [0.1, 0.15) is 5.82 Å². The number of anilines is 1. The van der Waals surface area contributed by atoms with Gasteiger partial charge in [0.2, 0.25) is 5.82 Å². The molecule has 0 spiro atoms. The van der Waals surface area contributed by atoms with Gasteiger partial charge in [0.15, 0.2) is 16.1 Å². The molecule has 6 nitrogen and oxygen atoms in total. The molecule has 0 amide bonds. The van der Waals surface area contributed by atoms with Gasteiger partial charge in [0, 0.05) is 6.54 Å². The summed E-state index contributed by atoms with van der Waals surface area (Å²) in [5, 5.41) is 9.25. The van der Waals surface area contributed by atoms with Gasteiger partial charge in [-0.15, -0.1) is 5.10 Å². The molecule has 1 aliphatic heterocycles. The fourth-order valence-electron chi connectivity index (χ4n) is 3.52. The van der Waals surface area contributed by atoms with Crippen molar-refractivity contribution < 1.29 is 4.42 Å². The number of nitrogens with zero attached hydrogens (tertiary/aromatic N) is 4. The molecule has 1 aromatic carbocycles. The molecule has 1 atom stereocenters. The molecule has 0 aliphatic carbocycles. The molecule has 7 heteroatoms. The fourth-order valence-corrected chi connectivity index (χ4v) is 3.83. The van der Waals surface area contributed by atoms with Crippen LogP contribution in [-0.2, 0) is 0 Å². The van der Waals surface area contributed by atoms with Gasteiger partial charge in [-0.2, -0.15) is 4.52 Å². The molecule has 5 rings (SSSR count). The van der Waals surface area contributed by atoms with E-state index in [2.05, 4.69) is 56.4 Å². The molecule has 1 aliphatic rings. The summed E-state index contributed by atoms with van der Waals surface area (Å²) in [6, 6.07) is 18.1. The summed E-state index contributed by atoms with van der Waals surface area (Å²) < 4.78 is 7.83. The third-order valence-corrected chi connectivity index (χ3v) is 5.31. The zero-order chi connectivity index (χ0) is 19.1. The summed E-state index contributed by atoms with van der Waals surface area (Å²) in [4.78, 5) is 4.59. The number of aromatic nitrogens is 3. The van der Waals surface area contributed by atoms with Crippen LogP contribution in [0.15, 0.2) is 69.8 Å². The summed E-state index contributed by atoms with van der Waals surface area (Å²) >= 11 is 3.30. The van der Waals surface area contributed by atoms with Crippen molar-refractivity contribution in [3.63, 3.8) is 0 Å². The van der Waals surface area contributed by atoms with Gasteiger partial charge in [0.25, 0.3) is 0 Å². The smallest absolute Gasteiger partial charge is 0.218 e. The summed E-state index contributed by atoms with van der Waals surface area (Å²) in [6.07, 6.45) is 3.03. The van der Waals surface area contributed by atoms with Crippen LogP contribution < -0.4 is 11.1 Å². The number of furan rings is 1. The lowest BCUT2D eigenvalue weighted by Crippen LogP contribution is -2.20. The van der Waals surface area contributed by atoms with Crippen LogP contribution in [0.1, 0.15) is 23.6 Å². The first-order valence-electron chi connectivity index (χ1n) is 9.00. The van der Waals surface area contributed by atoms with E-state index in [9.17, 15) is 0 Å². The molecule has 0 saturated carbocycles. The number of nitrogen functional groups attached to an aromatic ring is 1. The Kier molecular flexibility index (Phi) is 4.26. The minimum atomic E-state index is 0.0467. The highest BCUT2D eigenvalue weighted by atomic mass is 79.9. The quantitative estimate of drug-likeness (QED) is 0.515. The van der Waals surface area contributed by atoms with Gasteiger partial charge in [-0.1, -0.05) is 36.4 Å². The lowest BCUT2D eigenvalue weighted by atomic mass is 9.92. The van der Waals surface area contributed by atoms with Crippen LogP contribution in [-0.4, -0.2) is 21.1 Å². The van der Waals surface area contributed by atoms with E-state index in [0.29, 0.717) is 34.3 Å². The highest BCUT2D eigenvalue weighted by molar-refractivity contribution is 9.10. The summed E-state index contributed by atoms with van der Waals surface area (Å²) in [7, 11) is 0. The monoisotopic (exact) mass is 434 g/mol. The van der Waals surface area contributed by atoms with E-state index in [1.54, 1.807) is 4.52 Å². The van der Waals surface area contributed by atoms with E-state index < -0.39 is 0 Å². The van der Waals surface area contributed by atoms with Gasteiger partial charge < -0.3 is 10.2 Å². The number of hydrogen-bond donors (Lipinski definition) is 1. The SMILES string of the molecule is Nc1cc(C2CC(c3ccccc3)=CC[N]2)cc2nc(-c3ccc(Br)o3)nn12. The molecule has 28 heavy (non-hydrogen) atoms. The van der Waals surface area contributed by atoms with E-state index in [1.807, 2.05) is 30.3 Å². The Hall–Kier alpha value is -2.90. The number of fused-ring (bicyclic) bond motifs is 1. The summed E-state index contributed by atoms with van der Waals surface area (Å²) in [6.45, 7) is 0.693. The first kappa shape index (κ1) is 17.2. The van der Waals surface area contributed by atoms with Crippen molar-refractivity contribution >= 4 is 33.0 Å². The van der Waals surface area contributed by atoms with Crippen LogP contribution in [0.2, 0.25) is 0 Å². The molecule has 0 bridgehead atoms. The third-order valence-electron chi connectivity index (χ3n) is 4.89. The zero-order valence-electron chi connectivity index (χ0n) is 14.9. The van der Waals surface area contributed by atoms with Crippen molar-refractivity contribution in [2.24, 2.45) is 0 Å². The van der Waals surface area contributed by atoms with Crippen molar-refractivity contribution in [1.29, 1.82) is 0 Å². The van der Waals surface area contributed by atoms with Crippen molar-refractivity contribution in [2.45, 2.75) is 12.5 Å². The maximum atomic E-state index is 6.27. The minimum absolute atomic E-state index is 0.0467. The van der Waals surface area contributed by atoms with Crippen LogP contribution in [0.25, 0.3) is 22.8 Å². The van der Waals surface area contributed by atoms with Crippen molar-refractivity contribution in [1.82, 2.24) is 19.9 Å². The maximum Gasteiger partial charge on any atom is 0.218 e. The maximum absolute atomic E-state index is 6.27. The van der Waals surface area contributed by atoms with E-state index in [4.69, 9.17) is 15.5 Å². The standard InChI is InChI=1S/C21H17BrN5O/c22-18-7-6-17(28-18)21-25-20-12-15(11-19(23)27(20)26-21)16-10-14(8-9-24-16)13-4-2-1-3-5-13/h1-8,11-12,16H,9-10,23H2. The Morgan fingerprint density at radius 2 is 1.96 bits per heavy atom. The van der Waals surface area contributed by atoms with E-state index in [-0.39, 0.29) is 6.04 Å². The molecule has 1 radical (unpaired) electrons. The Morgan fingerprint density at radius 3 is 2.75 bits per heavy atom. The van der Waals surface area contributed by atoms with Crippen LogP contribution in [0, 0.1) is 0 Å². The summed E-state index contributed by atoms with van der Waals surface area (Å²) in [5.41, 5.74) is 10.5. The van der Waals surface area contributed by atoms with Crippen molar-refractivity contribution in [2.75, 3.05) is 12.3 Å². The predicted octanol–water partition coefficient (Wildman–Crippen LogP) is 4.47. The van der Waals surface area contributed by atoms with Gasteiger partial charge in [0.05, 0.1) is 6.04 Å².